The van der Waals surface area contributed by atoms with Gasteiger partial charge in [-0.25, -0.2) is 0 Å². The molecule has 98 valence electrons. The average molecular weight is 253 g/mol. The van der Waals surface area contributed by atoms with Gasteiger partial charge in [0, 0.05) is 0 Å². The Morgan fingerprint density at radius 1 is 1.06 bits per heavy atom. The van der Waals surface area contributed by atoms with Crippen molar-refractivity contribution in [2.24, 2.45) is 5.73 Å². The van der Waals surface area contributed by atoms with Crippen LogP contribution in [0.3, 0.4) is 0 Å². The molecule has 0 saturated carbocycles. The van der Waals surface area contributed by atoms with Gasteiger partial charge in [-0.2, -0.15) is 26.3 Å². The molecular formula is C8H13F6NO. The lowest BCUT2D eigenvalue weighted by Gasteiger charge is -2.32. The second kappa shape index (κ2) is 5.22. The van der Waals surface area contributed by atoms with E-state index in [1.165, 1.54) is 0 Å². The first-order valence-corrected chi connectivity index (χ1v) is 4.58. The second-order valence-electron chi connectivity index (χ2n) is 3.39. The molecule has 0 rings (SSSR count). The highest BCUT2D eigenvalue weighted by Crippen LogP contribution is 2.34. The molecule has 8 heteroatoms. The number of unbranched alkanes of at least 4 members (excludes halogenated alkanes) is 1. The van der Waals surface area contributed by atoms with Crippen molar-refractivity contribution in [1.82, 2.24) is 0 Å². The first-order valence-electron chi connectivity index (χ1n) is 4.58. The molecule has 2 nitrogen and oxygen atoms in total. The summed E-state index contributed by atoms with van der Waals surface area (Å²) in [6.45, 7) is -0.409. The third kappa shape index (κ3) is 5.02. The van der Waals surface area contributed by atoms with E-state index in [2.05, 4.69) is 4.74 Å². The van der Waals surface area contributed by atoms with Gasteiger partial charge in [0.15, 0.2) is 0 Å². The highest BCUT2D eigenvalue weighted by molar-refractivity contribution is 4.82. The number of alkyl halides is 6. The van der Waals surface area contributed by atoms with E-state index in [0.29, 0.717) is 6.42 Å². The fourth-order valence-corrected chi connectivity index (χ4v) is 0.946. The molecule has 0 fully saturated rings. The molecule has 0 bridgehead atoms. The third-order valence-corrected chi connectivity index (χ3v) is 1.87. The van der Waals surface area contributed by atoms with Gasteiger partial charge in [0.05, 0.1) is 0 Å². The zero-order valence-corrected chi connectivity index (χ0v) is 8.58. The van der Waals surface area contributed by atoms with Crippen LogP contribution in [0.15, 0.2) is 0 Å². The smallest absolute Gasteiger partial charge is 0.342 e. The van der Waals surface area contributed by atoms with Gasteiger partial charge in [0.1, 0.15) is 6.61 Å². The van der Waals surface area contributed by atoms with Gasteiger partial charge in [0.25, 0.3) is 0 Å². The minimum absolute atomic E-state index is 0.0356. The number of halogens is 6. The fraction of sp³-hybridized carbons (Fsp3) is 1.00. The van der Waals surface area contributed by atoms with Gasteiger partial charge in [-0.1, -0.05) is 13.3 Å². The molecule has 0 aliphatic rings. The van der Waals surface area contributed by atoms with Crippen LogP contribution in [0, 0.1) is 0 Å². The molecule has 16 heavy (non-hydrogen) atoms. The van der Waals surface area contributed by atoms with E-state index in [4.69, 9.17) is 5.73 Å². The molecule has 0 aliphatic carbocycles. The molecule has 0 spiro atoms. The molecule has 0 heterocycles. The number of rotatable bonds is 5. The van der Waals surface area contributed by atoms with Gasteiger partial charge >= 0.3 is 12.4 Å². The molecule has 0 aliphatic heterocycles. The Balaban J connectivity index is 4.55. The van der Waals surface area contributed by atoms with E-state index >= 15 is 0 Å². The van der Waals surface area contributed by atoms with Crippen LogP contribution in [0.5, 0.6) is 0 Å². The molecule has 0 saturated heterocycles. The third-order valence-electron chi connectivity index (χ3n) is 1.87. The first-order chi connectivity index (χ1) is 7.02. The highest BCUT2D eigenvalue weighted by atomic mass is 19.4. The molecule has 1 unspecified atom stereocenters. The number of nitrogens with two attached hydrogens (primary N) is 1. The maximum atomic E-state index is 12.4. The quantitative estimate of drug-likeness (QED) is 0.604. The van der Waals surface area contributed by atoms with Crippen molar-refractivity contribution in [3.63, 3.8) is 0 Å². The maximum Gasteiger partial charge on any atom is 0.430 e. The van der Waals surface area contributed by atoms with Crippen molar-refractivity contribution in [2.45, 2.75) is 44.3 Å². The SMILES string of the molecule is CCCCC(N)(OCC(F)(F)F)C(F)(F)F. The van der Waals surface area contributed by atoms with Crippen molar-refractivity contribution < 1.29 is 31.1 Å². The van der Waals surface area contributed by atoms with Crippen molar-refractivity contribution >= 4 is 0 Å². The van der Waals surface area contributed by atoms with E-state index in [0.717, 1.165) is 0 Å². The Labute approximate surface area is 88.7 Å². The fourth-order valence-electron chi connectivity index (χ4n) is 0.946. The Morgan fingerprint density at radius 3 is 1.88 bits per heavy atom. The lowest BCUT2D eigenvalue weighted by Crippen LogP contribution is -2.56. The molecule has 0 aromatic rings. The van der Waals surface area contributed by atoms with Crippen LogP contribution in [-0.2, 0) is 4.74 Å². The number of hydrogen-bond donors (Lipinski definition) is 1. The summed E-state index contributed by atoms with van der Waals surface area (Å²) in [7, 11) is 0. The molecule has 0 aromatic carbocycles. The largest absolute Gasteiger partial charge is 0.430 e. The summed E-state index contributed by atoms with van der Waals surface area (Å²) in [5.41, 5.74) is 1.60. The predicted octanol–water partition coefficient (Wildman–Crippen LogP) is 2.97. The summed E-state index contributed by atoms with van der Waals surface area (Å²) in [4.78, 5) is 0. The lowest BCUT2D eigenvalue weighted by atomic mass is 10.1. The monoisotopic (exact) mass is 253 g/mol. The van der Waals surface area contributed by atoms with Gasteiger partial charge < -0.3 is 4.74 Å². The summed E-state index contributed by atoms with van der Waals surface area (Å²) < 4.78 is 76.2. The van der Waals surface area contributed by atoms with E-state index < -0.39 is 31.1 Å². The van der Waals surface area contributed by atoms with Crippen LogP contribution in [0.2, 0.25) is 0 Å². The Morgan fingerprint density at radius 2 is 1.56 bits per heavy atom. The van der Waals surface area contributed by atoms with Crippen LogP contribution in [0.1, 0.15) is 26.2 Å². The average Bonchev–Trinajstić information content (AvgIpc) is 2.08. The van der Waals surface area contributed by atoms with Crippen LogP contribution < -0.4 is 5.73 Å². The molecule has 0 aromatic heterocycles. The summed E-state index contributed by atoms with van der Waals surface area (Å²) >= 11 is 0. The first kappa shape index (κ1) is 15.5. The minimum atomic E-state index is -5.02. The van der Waals surface area contributed by atoms with Crippen molar-refractivity contribution in [2.75, 3.05) is 6.61 Å². The van der Waals surface area contributed by atoms with Crippen LogP contribution in [-0.4, -0.2) is 24.7 Å². The Kier molecular flexibility index (Phi) is 5.06. The molecule has 1 atom stereocenters. The zero-order valence-electron chi connectivity index (χ0n) is 8.58. The summed E-state index contributed by atoms with van der Waals surface area (Å²) in [5.74, 6) is 0. The maximum absolute atomic E-state index is 12.4. The summed E-state index contributed by atoms with van der Waals surface area (Å²) in [5, 5.41) is 0. The number of ether oxygens (including phenoxy) is 1. The van der Waals surface area contributed by atoms with E-state index in [9.17, 15) is 26.3 Å². The second-order valence-corrected chi connectivity index (χ2v) is 3.39. The summed E-state index contributed by atoms with van der Waals surface area (Å²) in [6.07, 6.45) is -10.1. The van der Waals surface area contributed by atoms with Gasteiger partial charge in [-0.15, -0.1) is 0 Å². The molecule has 2 N–H and O–H groups in total. The van der Waals surface area contributed by atoms with Crippen LogP contribution in [0.25, 0.3) is 0 Å². The van der Waals surface area contributed by atoms with Crippen molar-refractivity contribution in [3.8, 4) is 0 Å². The topological polar surface area (TPSA) is 35.2 Å². The van der Waals surface area contributed by atoms with Crippen molar-refractivity contribution in [1.29, 1.82) is 0 Å². The van der Waals surface area contributed by atoms with Gasteiger partial charge in [0.2, 0.25) is 5.72 Å². The zero-order chi connectivity index (χ0) is 13.0. The standard InChI is InChI=1S/C8H13F6NO/c1-2-3-4-6(15,8(12,13)14)16-5-7(9,10)11/h2-5,15H2,1H3. The number of hydrogen-bond acceptors (Lipinski definition) is 2. The summed E-state index contributed by atoms with van der Waals surface area (Å²) in [6, 6.07) is 0. The van der Waals surface area contributed by atoms with E-state index in [1.807, 2.05) is 0 Å². The predicted molar refractivity (Wildman–Crippen MR) is 44.5 cm³/mol. The lowest BCUT2D eigenvalue weighted by molar-refractivity contribution is -0.304. The Hall–Kier alpha value is -0.500. The van der Waals surface area contributed by atoms with Crippen LogP contribution in [0.4, 0.5) is 26.3 Å². The minimum Gasteiger partial charge on any atom is -0.342 e. The van der Waals surface area contributed by atoms with Gasteiger partial charge in [-0.05, 0) is 12.8 Å². The van der Waals surface area contributed by atoms with Crippen molar-refractivity contribution in [3.05, 3.63) is 0 Å². The van der Waals surface area contributed by atoms with Gasteiger partial charge in [-0.3, -0.25) is 5.73 Å². The van der Waals surface area contributed by atoms with E-state index in [-0.39, 0.29) is 6.42 Å². The molecule has 0 radical (unpaired) electrons. The molecular weight excluding hydrogens is 240 g/mol. The van der Waals surface area contributed by atoms with Crippen LogP contribution >= 0.6 is 0 Å². The van der Waals surface area contributed by atoms with E-state index in [1.54, 1.807) is 6.92 Å². The highest BCUT2D eigenvalue weighted by Gasteiger charge is 2.54. The Bertz CT molecular complexity index is 214. The molecule has 0 amide bonds. The normalized spacial score (nSPS) is 17.2.